The van der Waals surface area contributed by atoms with Crippen LogP contribution in [0.5, 0.6) is 0 Å². The van der Waals surface area contributed by atoms with Crippen LogP contribution in [-0.4, -0.2) is 59.5 Å². The molecular formula is C27H38BrN5O2. The maximum Gasteiger partial charge on any atom is 0.240 e. The molecule has 4 aliphatic carbocycles. The maximum atomic E-state index is 13.7. The van der Waals surface area contributed by atoms with Gasteiger partial charge in [-0.25, -0.2) is 4.98 Å². The van der Waals surface area contributed by atoms with Crippen LogP contribution in [0.3, 0.4) is 0 Å². The smallest absolute Gasteiger partial charge is 0.240 e. The van der Waals surface area contributed by atoms with Crippen LogP contribution < -0.4 is 16.0 Å². The highest BCUT2D eigenvalue weighted by Gasteiger charge is 2.58. The number of nitrogens with zero attached hydrogens (tertiary/aromatic N) is 3. The predicted molar refractivity (Wildman–Crippen MR) is 139 cm³/mol. The second-order valence-corrected chi connectivity index (χ2v) is 13.7. The lowest BCUT2D eigenvalue weighted by atomic mass is 9.47. The zero-order valence-corrected chi connectivity index (χ0v) is 22.5. The molecule has 8 heteroatoms. The number of likely N-dealkylation sites (tertiary alicyclic amines) is 1. The number of amides is 2. The first-order valence-corrected chi connectivity index (χ1v) is 14.1. The molecule has 4 saturated carbocycles. The third-order valence-electron chi connectivity index (χ3n) is 10.1. The predicted octanol–water partition coefficient (Wildman–Crippen LogP) is 3.18. The van der Waals surface area contributed by atoms with Gasteiger partial charge in [0.1, 0.15) is 5.82 Å². The number of nitrogens with one attached hydrogen (secondary N) is 1. The average Bonchev–Trinajstić information content (AvgIpc) is 2.80. The highest BCUT2D eigenvalue weighted by molar-refractivity contribution is 9.10. The summed E-state index contributed by atoms with van der Waals surface area (Å²) in [6, 6.07) is 4.34. The van der Waals surface area contributed by atoms with Crippen LogP contribution in [0.25, 0.3) is 0 Å². The van der Waals surface area contributed by atoms with Gasteiger partial charge in [0, 0.05) is 48.3 Å². The van der Waals surface area contributed by atoms with Gasteiger partial charge in [-0.3, -0.25) is 14.5 Å². The fourth-order valence-corrected chi connectivity index (χ4v) is 8.75. The molecule has 0 radical (unpaired) electrons. The lowest BCUT2D eigenvalue weighted by Gasteiger charge is -2.59. The van der Waals surface area contributed by atoms with E-state index in [-0.39, 0.29) is 23.3 Å². The van der Waals surface area contributed by atoms with E-state index in [0.29, 0.717) is 29.6 Å². The van der Waals surface area contributed by atoms with Crippen LogP contribution in [0, 0.1) is 35.0 Å². The van der Waals surface area contributed by atoms with E-state index in [4.69, 9.17) is 5.73 Å². The van der Waals surface area contributed by atoms with Crippen molar-refractivity contribution in [1.29, 1.82) is 0 Å². The van der Waals surface area contributed by atoms with E-state index < -0.39 is 5.54 Å². The van der Waals surface area contributed by atoms with Crippen LogP contribution in [0.2, 0.25) is 0 Å². The summed E-state index contributed by atoms with van der Waals surface area (Å²) < 4.78 is 1.00. The van der Waals surface area contributed by atoms with Crippen LogP contribution in [0.4, 0.5) is 5.82 Å². The second kappa shape index (κ2) is 8.44. The number of halogens is 1. The monoisotopic (exact) mass is 543 g/mol. The first-order chi connectivity index (χ1) is 16.6. The third kappa shape index (κ3) is 4.08. The van der Waals surface area contributed by atoms with Gasteiger partial charge in [0.15, 0.2) is 0 Å². The Morgan fingerprint density at radius 2 is 1.69 bits per heavy atom. The summed E-state index contributed by atoms with van der Waals surface area (Å²) in [5, 5.41) is 3.50. The zero-order valence-electron chi connectivity index (χ0n) is 20.9. The largest absolute Gasteiger partial charge is 0.369 e. The average molecular weight is 545 g/mol. The molecule has 2 amide bonds. The Balaban J connectivity index is 1.11. The first-order valence-electron chi connectivity index (χ1n) is 13.4. The van der Waals surface area contributed by atoms with E-state index >= 15 is 0 Å². The van der Waals surface area contributed by atoms with E-state index in [2.05, 4.69) is 62.0 Å². The van der Waals surface area contributed by atoms with Crippen molar-refractivity contribution >= 4 is 33.6 Å². The number of fused-ring (bicyclic) bond motifs is 2. The summed E-state index contributed by atoms with van der Waals surface area (Å²) in [5.41, 5.74) is 5.00. The van der Waals surface area contributed by atoms with Crippen molar-refractivity contribution in [3.63, 3.8) is 0 Å². The van der Waals surface area contributed by atoms with Gasteiger partial charge in [-0.15, -0.1) is 0 Å². The van der Waals surface area contributed by atoms with Crippen LogP contribution >= 0.6 is 15.9 Å². The summed E-state index contributed by atoms with van der Waals surface area (Å²) in [7, 11) is 0. The Bertz CT molecular complexity index is 983. The Morgan fingerprint density at radius 1 is 1.03 bits per heavy atom. The molecular weight excluding hydrogens is 506 g/mol. The molecule has 4 unspecified atom stereocenters. The summed E-state index contributed by atoms with van der Waals surface area (Å²) in [5.74, 6) is 3.54. The summed E-state index contributed by atoms with van der Waals surface area (Å²) >= 11 is 3.48. The minimum Gasteiger partial charge on any atom is -0.369 e. The highest BCUT2D eigenvalue weighted by atomic mass is 79.9. The van der Waals surface area contributed by atoms with Gasteiger partial charge in [0.2, 0.25) is 11.8 Å². The lowest BCUT2D eigenvalue weighted by Crippen LogP contribution is -2.67. The quantitative estimate of drug-likeness (QED) is 0.595. The Labute approximate surface area is 216 Å². The van der Waals surface area contributed by atoms with Crippen molar-refractivity contribution in [2.75, 3.05) is 31.1 Å². The number of carbonyl (C=O) groups excluding carboxylic acids is 2. The van der Waals surface area contributed by atoms with Gasteiger partial charge in [-0.1, -0.05) is 0 Å². The number of primary amides is 1. The molecule has 6 fully saturated rings. The molecule has 6 aliphatic rings. The number of anilines is 1. The molecule has 7 nitrogen and oxygen atoms in total. The highest BCUT2D eigenvalue weighted by Crippen LogP contribution is 2.60. The number of carbonyl (C=O) groups is 2. The number of hydrogen-bond acceptors (Lipinski definition) is 5. The van der Waals surface area contributed by atoms with Gasteiger partial charge in [0.05, 0.1) is 5.54 Å². The number of aromatic nitrogens is 1. The third-order valence-corrected chi connectivity index (χ3v) is 10.5. The summed E-state index contributed by atoms with van der Waals surface area (Å²) in [4.78, 5) is 35.5. The van der Waals surface area contributed by atoms with E-state index in [1.165, 1.54) is 6.42 Å². The molecule has 6 bridgehead atoms. The molecule has 0 spiro atoms. The van der Waals surface area contributed by atoms with Crippen LogP contribution in [0.15, 0.2) is 22.8 Å². The molecule has 4 atom stereocenters. The molecule has 2 saturated heterocycles. The zero-order chi connectivity index (χ0) is 24.5. The minimum absolute atomic E-state index is 0.116. The van der Waals surface area contributed by atoms with Crippen LogP contribution in [0.1, 0.15) is 52.4 Å². The molecule has 0 aromatic carbocycles. The molecule has 190 valence electrons. The SMILES string of the molecule is CC(C)(C(=O)NC1C2CC3CC1CC(C(N)=O)(C3)C2)N1CC2CC(CN(c3ccc(Br)cn3)C2)C1. The van der Waals surface area contributed by atoms with E-state index in [9.17, 15) is 9.59 Å². The van der Waals surface area contributed by atoms with Gasteiger partial charge in [0.25, 0.3) is 0 Å². The molecule has 2 aliphatic heterocycles. The molecule has 1 aromatic heterocycles. The Morgan fingerprint density at radius 3 is 2.26 bits per heavy atom. The van der Waals surface area contributed by atoms with Gasteiger partial charge < -0.3 is 16.0 Å². The van der Waals surface area contributed by atoms with E-state index in [1.54, 1.807) is 0 Å². The summed E-state index contributed by atoms with van der Waals surface area (Å²) in [6.45, 7) is 8.05. The maximum absolute atomic E-state index is 13.7. The molecule has 1 aromatic rings. The normalized spacial score (nSPS) is 38.4. The number of pyridine rings is 1. The van der Waals surface area contributed by atoms with Crippen molar-refractivity contribution in [2.45, 2.75) is 64.0 Å². The van der Waals surface area contributed by atoms with Gasteiger partial charge >= 0.3 is 0 Å². The van der Waals surface area contributed by atoms with Gasteiger partial charge in [-0.2, -0.15) is 0 Å². The summed E-state index contributed by atoms with van der Waals surface area (Å²) in [6.07, 6.45) is 8.03. The van der Waals surface area contributed by atoms with E-state index in [1.807, 2.05) is 6.20 Å². The number of nitrogens with two attached hydrogens (primary N) is 1. The van der Waals surface area contributed by atoms with Crippen molar-refractivity contribution in [3.8, 4) is 0 Å². The Hall–Kier alpha value is -1.67. The van der Waals surface area contributed by atoms with Crippen LogP contribution in [-0.2, 0) is 9.59 Å². The van der Waals surface area contributed by atoms with Crippen molar-refractivity contribution in [3.05, 3.63) is 22.8 Å². The topological polar surface area (TPSA) is 91.6 Å². The van der Waals surface area contributed by atoms with Crippen molar-refractivity contribution in [1.82, 2.24) is 15.2 Å². The molecule has 3 heterocycles. The van der Waals surface area contributed by atoms with Crippen molar-refractivity contribution in [2.24, 2.45) is 40.7 Å². The number of hydrogen-bond donors (Lipinski definition) is 2. The molecule has 3 N–H and O–H groups in total. The number of rotatable bonds is 5. The Kier molecular flexibility index (Phi) is 5.72. The minimum atomic E-state index is -0.551. The van der Waals surface area contributed by atoms with Crippen molar-refractivity contribution < 1.29 is 9.59 Å². The fraction of sp³-hybridized carbons (Fsp3) is 0.741. The molecule has 7 rings (SSSR count). The first kappa shape index (κ1) is 23.7. The lowest BCUT2D eigenvalue weighted by molar-refractivity contribution is -0.150. The van der Waals surface area contributed by atoms with E-state index in [0.717, 1.165) is 68.6 Å². The fourth-order valence-electron chi connectivity index (χ4n) is 8.51. The molecule has 35 heavy (non-hydrogen) atoms. The number of piperidine rings is 2. The standard InChI is InChI=1S/C27H38BrN5O2/c1-26(2,25(35)31-23-19-6-16-7-20(23)10-27(8-16,9-19)24(29)34)33-14-17-5-18(15-33)13-32(12-17)22-4-3-21(28)11-30-22/h3-4,11,16-20,23H,5-10,12-15H2,1-2H3,(H2,29,34)(H,31,35). The second-order valence-electron chi connectivity index (χ2n) is 12.8. The van der Waals surface area contributed by atoms with Gasteiger partial charge in [-0.05, 0) is 110 Å².